The van der Waals surface area contributed by atoms with Gasteiger partial charge in [0.25, 0.3) is 5.91 Å². The molecule has 0 radical (unpaired) electrons. The molecule has 7 heteroatoms. The number of nitrogens with one attached hydrogen (secondary N) is 1. The number of amides is 1. The lowest BCUT2D eigenvalue weighted by Gasteiger charge is -2.18. The first-order chi connectivity index (χ1) is 11.6. The van der Waals surface area contributed by atoms with Gasteiger partial charge in [-0.25, -0.2) is 4.79 Å². The summed E-state index contributed by atoms with van der Waals surface area (Å²) in [4.78, 5) is 28.2. The molecule has 24 heavy (non-hydrogen) atoms. The van der Waals surface area contributed by atoms with Gasteiger partial charge in [0.1, 0.15) is 12.0 Å². The Morgan fingerprint density at radius 2 is 2.12 bits per heavy atom. The molecule has 3 atom stereocenters. The second-order valence-electron chi connectivity index (χ2n) is 5.87. The first kappa shape index (κ1) is 16.4. The Labute approximate surface area is 138 Å². The summed E-state index contributed by atoms with van der Waals surface area (Å²) < 4.78 is 7.05. The van der Waals surface area contributed by atoms with Gasteiger partial charge in [-0.3, -0.25) is 9.36 Å². The van der Waals surface area contributed by atoms with Crippen molar-refractivity contribution in [2.45, 2.75) is 25.7 Å². The van der Waals surface area contributed by atoms with Crippen molar-refractivity contribution in [3.05, 3.63) is 58.6 Å². The van der Waals surface area contributed by atoms with Crippen molar-refractivity contribution in [2.24, 2.45) is 5.92 Å². The number of aliphatic hydroxyl groups excluding tert-OH is 1. The smallest absolute Gasteiger partial charge is 0.351 e. The predicted octanol–water partition coefficient (Wildman–Crippen LogP) is 1.41. The van der Waals surface area contributed by atoms with E-state index >= 15 is 0 Å². The van der Waals surface area contributed by atoms with Crippen LogP contribution in [0.4, 0.5) is 5.82 Å². The van der Waals surface area contributed by atoms with Gasteiger partial charge in [-0.05, 0) is 24.6 Å². The summed E-state index contributed by atoms with van der Waals surface area (Å²) in [6.45, 7) is 1.88. The summed E-state index contributed by atoms with van der Waals surface area (Å²) in [5.74, 6) is -0.0491. The summed E-state index contributed by atoms with van der Waals surface area (Å²) >= 11 is 0. The first-order valence-electron chi connectivity index (χ1n) is 7.80. The number of aliphatic hydroxyl groups is 1. The van der Waals surface area contributed by atoms with Crippen molar-refractivity contribution < 1.29 is 14.6 Å². The zero-order valence-electron chi connectivity index (χ0n) is 13.3. The van der Waals surface area contributed by atoms with Crippen LogP contribution >= 0.6 is 0 Å². The Morgan fingerprint density at radius 1 is 1.38 bits per heavy atom. The van der Waals surface area contributed by atoms with Crippen molar-refractivity contribution in [3.8, 4) is 0 Å². The van der Waals surface area contributed by atoms with Crippen LogP contribution in [-0.2, 0) is 4.74 Å². The number of ether oxygens (including phenoxy) is 1. The van der Waals surface area contributed by atoms with E-state index in [9.17, 15) is 14.7 Å². The maximum absolute atomic E-state index is 12.2. The predicted molar refractivity (Wildman–Crippen MR) is 87.7 cm³/mol. The van der Waals surface area contributed by atoms with E-state index in [1.54, 1.807) is 36.5 Å². The molecule has 2 N–H and O–H groups in total. The monoisotopic (exact) mass is 329 g/mol. The summed E-state index contributed by atoms with van der Waals surface area (Å²) in [7, 11) is 0. The summed E-state index contributed by atoms with van der Waals surface area (Å²) in [5, 5.41) is 11.8. The average Bonchev–Trinajstić information content (AvgIpc) is 2.96. The fraction of sp³-hybridized carbons (Fsp3) is 0.353. The molecule has 1 aliphatic rings. The van der Waals surface area contributed by atoms with Crippen molar-refractivity contribution >= 4 is 11.7 Å². The zero-order chi connectivity index (χ0) is 17.1. The van der Waals surface area contributed by atoms with Gasteiger partial charge in [0.2, 0.25) is 0 Å². The van der Waals surface area contributed by atoms with E-state index in [1.165, 1.54) is 4.57 Å². The van der Waals surface area contributed by atoms with Crippen LogP contribution < -0.4 is 11.0 Å². The first-order valence-corrected chi connectivity index (χ1v) is 7.80. The topological polar surface area (TPSA) is 93.4 Å². The van der Waals surface area contributed by atoms with E-state index in [4.69, 9.17) is 4.74 Å². The standard InChI is InChI=1S/C17H19N3O4/c1-11-9-13(10-21)24-16(11)20-8-7-14(19-17(20)23)18-15(22)12-5-3-2-4-6-12/h2-8,11,13,16,21H,9-10H2,1H3,(H,18,19,22,23)/t11-,13+,16-/m1/s1. The Hall–Kier alpha value is -2.51. The van der Waals surface area contributed by atoms with E-state index in [-0.39, 0.29) is 30.4 Å². The molecular formula is C17H19N3O4. The number of hydrogen-bond acceptors (Lipinski definition) is 5. The lowest BCUT2D eigenvalue weighted by molar-refractivity contribution is -0.0335. The SMILES string of the molecule is C[C@@H]1C[C@@H](CO)O[C@H]1n1ccc(NC(=O)c2ccccc2)nc1=O. The van der Waals surface area contributed by atoms with Crippen LogP contribution in [0, 0.1) is 5.92 Å². The minimum Gasteiger partial charge on any atom is -0.394 e. The van der Waals surface area contributed by atoms with E-state index < -0.39 is 11.9 Å². The minimum atomic E-state index is -0.503. The number of benzene rings is 1. The summed E-state index contributed by atoms with van der Waals surface area (Å²) in [5.41, 5.74) is -0.0154. The Bertz CT molecular complexity index is 775. The molecule has 1 aromatic carbocycles. The summed E-state index contributed by atoms with van der Waals surface area (Å²) in [6.07, 6.45) is 1.51. The van der Waals surface area contributed by atoms with Gasteiger partial charge in [-0.15, -0.1) is 0 Å². The number of carbonyl (C=O) groups is 1. The number of anilines is 1. The molecule has 2 aromatic rings. The van der Waals surface area contributed by atoms with Gasteiger partial charge < -0.3 is 15.2 Å². The molecule has 0 aliphatic carbocycles. The van der Waals surface area contributed by atoms with Crippen molar-refractivity contribution in [1.29, 1.82) is 0 Å². The highest BCUT2D eigenvalue weighted by Gasteiger charge is 2.33. The molecule has 0 spiro atoms. The fourth-order valence-corrected chi connectivity index (χ4v) is 2.83. The highest BCUT2D eigenvalue weighted by atomic mass is 16.5. The quantitative estimate of drug-likeness (QED) is 0.884. The third-order valence-corrected chi connectivity index (χ3v) is 4.04. The van der Waals surface area contributed by atoms with Gasteiger partial charge in [0.05, 0.1) is 12.7 Å². The number of aromatic nitrogens is 2. The van der Waals surface area contributed by atoms with Gasteiger partial charge in [-0.1, -0.05) is 25.1 Å². The second kappa shape index (κ2) is 6.94. The molecule has 1 saturated heterocycles. The maximum Gasteiger partial charge on any atom is 0.351 e. The molecule has 1 aliphatic heterocycles. The minimum absolute atomic E-state index is 0.0752. The van der Waals surface area contributed by atoms with Crippen LogP contribution in [0.2, 0.25) is 0 Å². The molecule has 0 bridgehead atoms. The van der Waals surface area contributed by atoms with Crippen molar-refractivity contribution in [3.63, 3.8) is 0 Å². The zero-order valence-corrected chi connectivity index (χ0v) is 13.3. The van der Waals surface area contributed by atoms with E-state index in [2.05, 4.69) is 10.3 Å². The molecule has 1 aromatic heterocycles. The molecule has 1 amide bonds. The van der Waals surface area contributed by atoms with Crippen molar-refractivity contribution in [1.82, 2.24) is 9.55 Å². The number of nitrogens with zero attached hydrogens (tertiary/aromatic N) is 2. The maximum atomic E-state index is 12.2. The Kier molecular flexibility index (Phi) is 4.73. The van der Waals surface area contributed by atoms with Crippen LogP contribution in [0.15, 0.2) is 47.4 Å². The van der Waals surface area contributed by atoms with Gasteiger partial charge in [0.15, 0.2) is 0 Å². The average molecular weight is 329 g/mol. The molecular weight excluding hydrogens is 310 g/mol. The Balaban J connectivity index is 1.76. The van der Waals surface area contributed by atoms with E-state index in [0.29, 0.717) is 12.0 Å². The lowest BCUT2D eigenvalue weighted by atomic mass is 10.1. The molecule has 2 heterocycles. The highest BCUT2D eigenvalue weighted by Crippen LogP contribution is 2.32. The van der Waals surface area contributed by atoms with E-state index in [1.807, 2.05) is 13.0 Å². The highest BCUT2D eigenvalue weighted by molar-refractivity contribution is 6.03. The lowest BCUT2D eigenvalue weighted by Crippen LogP contribution is -2.30. The van der Waals surface area contributed by atoms with Crippen molar-refractivity contribution in [2.75, 3.05) is 11.9 Å². The Morgan fingerprint density at radius 3 is 2.75 bits per heavy atom. The van der Waals surface area contributed by atoms with Gasteiger partial charge in [-0.2, -0.15) is 4.98 Å². The summed E-state index contributed by atoms with van der Waals surface area (Å²) in [6, 6.07) is 10.3. The number of rotatable bonds is 4. The van der Waals surface area contributed by atoms with Crippen LogP contribution in [-0.4, -0.2) is 33.3 Å². The number of carbonyl (C=O) groups excluding carboxylic acids is 1. The molecule has 0 saturated carbocycles. The third kappa shape index (κ3) is 3.37. The van der Waals surface area contributed by atoms with Crippen LogP contribution in [0.1, 0.15) is 29.9 Å². The molecule has 7 nitrogen and oxygen atoms in total. The van der Waals surface area contributed by atoms with Crippen LogP contribution in [0.3, 0.4) is 0 Å². The largest absolute Gasteiger partial charge is 0.394 e. The molecule has 126 valence electrons. The molecule has 0 unspecified atom stereocenters. The molecule has 3 rings (SSSR count). The third-order valence-electron chi connectivity index (χ3n) is 4.04. The fourth-order valence-electron chi connectivity index (χ4n) is 2.83. The van der Waals surface area contributed by atoms with Gasteiger partial charge >= 0.3 is 5.69 Å². The molecule has 1 fully saturated rings. The normalized spacial score (nSPS) is 23.2. The van der Waals surface area contributed by atoms with Gasteiger partial charge in [0, 0.05) is 17.7 Å². The van der Waals surface area contributed by atoms with E-state index in [0.717, 1.165) is 0 Å². The second-order valence-corrected chi connectivity index (χ2v) is 5.87. The number of hydrogen-bond donors (Lipinski definition) is 2. The van der Waals surface area contributed by atoms with Crippen LogP contribution in [0.5, 0.6) is 0 Å². The van der Waals surface area contributed by atoms with Crippen LogP contribution in [0.25, 0.3) is 0 Å².